The van der Waals surface area contributed by atoms with Crippen molar-refractivity contribution in [1.82, 2.24) is 29.4 Å². The van der Waals surface area contributed by atoms with Gasteiger partial charge in [0.2, 0.25) is 28.9 Å². The van der Waals surface area contributed by atoms with Crippen LogP contribution < -0.4 is 11.1 Å². The molecule has 0 bridgehead atoms. The third-order valence-electron chi connectivity index (χ3n) is 10.8. The number of amides is 4. The van der Waals surface area contributed by atoms with Crippen LogP contribution in [0.4, 0.5) is 14.7 Å². The largest absolute Gasteiger partial charge is 0.512 e. The van der Waals surface area contributed by atoms with Crippen LogP contribution in [0.25, 0.3) is 0 Å². The summed E-state index contributed by atoms with van der Waals surface area (Å²) >= 11 is 2.10. The predicted molar refractivity (Wildman–Crippen MR) is 228 cm³/mol. The summed E-state index contributed by atoms with van der Waals surface area (Å²) in [5.41, 5.74) is 7.07. The molecule has 1 aromatic heterocycles. The highest BCUT2D eigenvalue weighted by atomic mass is 32.2. The highest BCUT2D eigenvalue weighted by Gasteiger charge is 2.54. The predicted octanol–water partition coefficient (Wildman–Crippen LogP) is 4.69. The molecular formula is C43H40N8O9S2. The molecule has 8 rings (SSSR count). The number of β-lactam (4-membered cyclic amide) rings is 1. The van der Waals surface area contributed by atoms with Crippen LogP contribution in [0.2, 0.25) is 0 Å². The molecule has 0 aliphatic carbocycles. The zero-order chi connectivity index (χ0) is 43.4. The Bertz CT molecular complexity index is 2380. The van der Waals surface area contributed by atoms with Gasteiger partial charge in [0.1, 0.15) is 18.0 Å². The number of ether oxygens (including phenoxy) is 2. The van der Waals surface area contributed by atoms with Gasteiger partial charge in [0.15, 0.2) is 5.13 Å². The van der Waals surface area contributed by atoms with Crippen LogP contribution in [0.3, 0.4) is 0 Å². The van der Waals surface area contributed by atoms with Gasteiger partial charge in [-0.05, 0) is 18.9 Å². The number of benzene rings is 3. The molecular weight excluding hydrogens is 837 g/mol. The van der Waals surface area contributed by atoms with E-state index in [-0.39, 0.29) is 46.9 Å². The average molecular weight is 877 g/mol. The molecule has 4 aliphatic heterocycles. The Morgan fingerprint density at radius 3 is 2.21 bits per heavy atom. The maximum Gasteiger partial charge on any atom is 0.512 e. The van der Waals surface area contributed by atoms with Crippen molar-refractivity contribution in [2.75, 3.05) is 37.7 Å². The monoisotopic (exact) mass is 876 g/mol. The second kappa shape index (κ2) is 17.9. The van der Waals surface area contributed by atoms with Gasteiger partial charge in [-0.25, -0.2) is 9.59 Å². The zero-order valence-corrected chi connectivity index (χ0v) is 34.6. The van der Waals surface area contributed by atoms with Crippen LogP contribution >= 0.6 is 23.3 Å². The van der Waals surface area contributed by atoms with Gasteiger partial charge in [-0.2, -0.15) is 9.36 Å². The lowest BCUT2D eigenvalue weighted by atomic mass is 9.80. The molecule has 3 atom stereocenters. The number of nitrogen functional groups attached to an aromatic ring is 1. The van der Waals surface area contributed by atoms with Crippen molar-refractivity contribution in [3.05, 3.63) is 149 Å². The number of thioether (sulfide) groups is 1. The van der Waals surface area contributed by atoms with Gasteiger partial charge in [0, 0.05) is 64.8 Å². The lowest BCUT2D eigenvalue weighted by Crippen LogP contribution is -2.70. The number of likely N-dealkylation sites (tertiary alicyclic amines) is 2. The van der Waals surface area contributed by atoms with E-state index in [9.17, 15) is 29.1 Å². The van der Waals surface area contributed by atoms with Gasteiger partial charge in [0.05, 0.1) is 6.04 Å². The van der Waals surface area contributed by atoms with Crippen molar-refractivity contribution in [2.24, 2.45) is 5.16 Å². The van der Waals surface area contributed by atoms with E-state index in [1.165, 1.54) is 17.8 Å². The molecule has 4 amide bonds. The molecule has 3 saturated heterocycles. The Balaban J connectivity index is 1.05. The highest BCUT2D eigenvalue weighted by molar-refractivity contribution is 8.00. The number of aromatic nitrogens is 2. The Kier molecular flexibility index (Phi) is 12.1. The summed E-state index contributed by atoms with van der Waals surface area (Å²) in [7, 11) is 0. The first kappa shape index (κ1) is 41.7. The number of nitrogens with two attached hydrogens (primary N) is 1. The lowest BCUT2D eigenvalue weighted by Gasteiger charge is -2.48. The van der Waals surface area contributed by atoms with E-state index in [0.29, 0.717) is 60.3 Å². The molecule has 4 N–H and O–H groups in total. The van der Waals surface area contributed by atoms with E-state index < -0.39 is 41.1 Å². The summed E-state index contributed by atoms with van der Waals surface area (Å²) in [6, 6.07) is 26.8. The smallest absolute Gasteiger partial charge is 0.449 e. The number of nitrogens with zero attached hydrogens (tertiary/aromatic N) is 6. The van der Waals surface area contributed by atoms with Crippen LogP contribution in [-0.2, 0) is 34.3 Å². The molecule has 0 unspecified atom stereocenters. The maximum atomic E-state index is 14.3. The van der Waals surface area contributed by atoms with Crippen LogP contribution in [0.5, 0.6) is 0 Å². The van der Waals surface area contributed by atoms with E-state index in [0.717, 1.165) is 16.4 Å². The summed E-state index contributed by atoms with van der Waals surface area (Å²) < 4.78 is 14.6. The number of nitrogens with one attached hydrogen (secondary N) is 1. The molecule has 5 heterocycles. The first-order valence-electron chi connectivity index (χ1n) is 19.5. The van der Waals surface area contributed by atoms with Crippen molar-refractivity contribution in [3.8, 4) is 0 Å². The Hall–Kier alpha value is -6.99. The molecule has 17 nitrogen and oxygen atoms in total. The lowest BCUT2D eigenvalue weighted by molar-refractivity contribution is -0.148. The zero-order valence-electron chi connectivity index (χ0n) is 33.0. The summed E-state index contributed by atoms with van der Waals surface area (Å²) in [5, 5.41) is 16.2. The van der Waals surface area contributed by atoms with Gasteiger partial charge in [-0.3, -0.25) is 19.3 Å². The Morgan fingerprint density at radius 2 is 1.63 bits per heavy atom. The molecule has 0 spiro atoms. The summed E-state index contributed by atoms with van der Waals surface area (Å²) in [6.07, 6.45) is 1.84. The van der Waals surface area contributed by atoms with E-state index in [4.69, 9.17) is 20.0 Å². The fourth-order valence-corrected chi connectivity index (χ4v) is 9.62. The summed E-state index contributed by atoms with van der Waals surface area (Å²) in [6.45, 7) is 4.79. The number of oxime groups is 1. The number of carbonyl (C=O) groups excluding carboxylic acids is 4. The number of hydrogen-bond acceptors (Lipinski definition) is 14. The van der Waals surface area contributed by atoms with E-state index in [1.807, 2.05) is 91.0 Å². The third kappa shape index (κ3) is 8.11. The Morgan fingerprint density at radius 1 is 0.984 bits per heavy atom. The number of anilines is 1. The number of rotatable bonds is 13. The van der Waals surface area contributed by atoms with Gasteiger partial charge < -0.3 is 40.3 Å². The van der Waals surface area contributed by atoms with Crippen molar-refractivity contribution >= 4 is 64.1 Å². The molecule has 0 radical (unpaired) electrons. The fraction of sp³-hybridized carbons (Fsp3) is 0.256. The molecule has 3 aromatic carbocycles. The number of carbonyl (C=O) groups is 5. The molecule has 4 aromatic rings. The molecule has 4 aliphatic rings. The number of hydrogen-bond donors (Lipinski definition) is 3. The number of carboxylic acid groups (broad SMARTS) is 1. The molecule has 0 saturated carbocycles. The third-order valence-corrected chi connectivity index (χ3v) is 12.6. The minimum Gasteiger partial charge on any atom is -0.449 e. The molecule has 19 heteroatoms. The molecule has 3 fully saturated rings. The van der Waals surface area contributed by atoms with Gasteiger partial charge >= 0.3 is 12.2 Å². The van der Waals surface area contributed by atoms with Gasteiger partial charge in [-0.1, -0.05) is 109 Å². The fourth-order valence-electron chi connectivity index (χ4n) is 7.90. The minimum atomic E-state index is -1.66. The quantitative estimate of drug-likeness (QED) is 0.0316. The minimum absolute atomic E-state index is 0.0648. The average Bonchev–Trinajstić information content (AvgIpc) is 4.05. The van der Waals surface area contributed by atoms with Crippen molar-refractivity contribution in [3.63, 3.8) is 0 Å². The van der Waals surface area contributed by atoms with Crippen molar-refractivity contribution < 1.29 is 43.4 Å². The standard InChI is InChI=1S/C43H40N8O9S2/c1-2-22-58-41(55)49-20-19-31(24-49)50-21-18-26(36(50)53)23-27-25-61-39-33(37(54)51(39)38(27)59-42(56)57)45-35(52)32(34-46-40(44)62-48-34)47-60-43(28-12-6-3-7-13-28,29-14-8-4-9-15-29)30-16-10-5-11-17-30/h2-17,23,31,33,39H,1,18-22,24-25H2,(H,45,52)(H,56,57)(H2,44,46,48)/b26-23+,47-32-/t31-,33-,39-/m1/s1. The maximum absolute atomic E-state index is 14.3. The van der Waals surface area contributed by atoms with Crippen LogP contribution in [0.1, 0.15) is 35.4 Å². The van der Waals surface area contributed by atoms with Crippen LogP contribution in [0.15, 0.2) is 132 Å². The SMILES string of the molecule is C=CCOC(=O)N1CC[C@@H](N2CC/C(=C\C3=C(OC(=O)O)N4C(=O)[C@@H](NC(=O)/C(=N\OC(c5ccccc5)(c5ccccc5)c5ccccc5)c5nsc(N)n5)[C@H]4SC3)C2=O)C1. The second-order valence-corrected chi connectivity index (χ2v) is 16.4. The first-order chi connectivity index (χ1) is 30.1. The molecule has 62 heavy (non-hydrogen) atoms. The molecule has 318 valence electrons. The number of allylic oxidation sites excluding steroid dienone is 1. The van der Waals surface area contributed by atoms with E-state index >= 15 is 0 Å². The second-order valence-electron chi connectivity index (χ2n) is 14.5. The van der Waals surface area contributed by atoms with Crippen LogP contribution in [0, 0.1) is 0 Å². The number of fused-ring (bicyclic) bond motifs is 1. The topological polar surface area (TPSA) is 219 Å². The summed E-state index contributed by atoms with van der Waals surface area (Å²) in [4.78, 5) is 81.4. The van der Waals surface area contributed by atoms with Gasteiger partial charge in [-0.15, -0.1) is 11.8 Å². The van der Waals surface area contributed by atoms with Crippen LogP contribution in [-0.4, -0.2) is 114 Å². The van der Waals surface area contributed by atoms with Gasteiger partial charge in [0.25, 0.3) is 11.8 Å². The van der Waals surface area contributed by atoms with Crippen molar-refractivity contribution in [1.29, 1.82) is 0 Å². The first-order valence-corrected chi connectivity index (χ1v) is 21.4. The highest BCUT2D eigenvalue weighted by Crippen LogP contribution is 2.43. The normalized spacial score (nSPS) is 20.8. The summed E-state index contributed by atoms with van der Waals surface area (Å²) in [5.74, 6) is -2.00. The van der Waals surface area contributed by atoms with E-state index in [2.05, 4.69) is 26.4 Å². The van der Waals surface area contributed by atoms with Crippen molar-refractivity contribution in [2.45, 2.75) is 35.9 Å². The Labute approximate surface area is 363 Å². The van der Waals surface area contributed by atoms with E-state index in [1.54, 1.807) is 15.9 Å².